The Morgan fingerprint density at radius 2 is 2.14 bits per heavy atom. The molecule has 0 saturated carbocycles. The van der Waals surface area contributed by atoms with E-state index in [-0.39, 0.29) is 24.3 Å². The second kappa shape index (κ2) is 7.11. The zero-order chi connectivity index (χ0) is 15.2. The number of carbonyl (C=O) groups excluding carboxylic acids is 2. The highest BCUT2D eigenvalue weighted by atomic mass is 16.5. The minimum atomic E-state index is -0.329. The zero-order valence-corrected chi connectivity index (χ0v) is 12.4. The first-order chi connectivity index (χ1) is 10.1. The second-order valence-corrected chi connectivity index (χ2v) is 5.33. The van der Waals surface area contributed by atoms with Crippen molar-refractivity contribution >= 4 is 11.8 Å². The van der Waals surface area contributed by atoms with Gasteiger partial charge in [-0.3, -0.25) is 9.59 Å². The number of rotatable bonds is 5. The summed E-state index contributed by atoms with van der Waals surface area (Å²) >= 11 is 0. The fourth-order valence-electron chi connectivity index (χ4n) is 2.60. The van der Waals surface area contributed by atoms with Gasteiger partial charge in [-0.25, -0.2) is 0 Å². The van der Waals surface area contributed by atoms with Gasteiger partial charge < -0.3 is 15.4 Å². The second-order valence-electron chi connectivity index (χ2n) is 5.33. The lowest BCUT2D eigenvalue weighted by Gasteiger charge is -2.31. The Hall–Kier alpha value is -2.04. The van der Waals surface area contributed by atoms with E-state index in [0.29, 0.717) is 13.1 Å². The molecule has 5 nitrogen and oxygen atoms in total. The SMILES string of the molecule is CCc1ccccc1OCC(=O)N1CCCC(C(N)=O)C1. The van der Waals surface area contributed by atoms with Crippen molar-refractivity contribution in [2.75, 3.05) is 19.7 Å². The number of likely N-dealkylation sites (tertiary alicyclic amines) is 1. The van der Waals surface area contributed by atoms with E-state index in [1.54, 1.807) is 4.90 Å². The van der Waals surface area contributed by atoms with Crippen molar-refractivity contribution in [3.8, 4) is 5.75 Å². The van der Waals surface area contributed by atoms with Gasteiger partial charge in [0.25, 0.3) is 5.91 Å². The van der Waals surface area contributed by atoms with E-state index in [2.05, 4.69) is 0 Å². The molecular weight excluding hydrogens is 268 g/mol. The van der Waals surface area contributed by atoms with Gasteiger partial charge >= 0.3 is 0 Å². The summed E-state index contributed by atoms with van der Waals surface area (Å²) in [7, 11) is 0. The van der Waals surface area contributed by atoms with Crippen LogP contribution in [-0.4, -0.2) is 36.4 Å². The molecule has 1 atom stereocenters. The number of aryl methyl sites for hydroxylation is 1. The van der Waals surface area contributed by atoms with Gasteiger partial charge in [-0.15, -0.1) is 0 Å². The van der Waals surface area contributed by atoms with Crippen LogP contribution in [0.25, 0.3) is 0 Å². The molecule has 0 spiro atoms. The average molecular weight is 290 g/mol. The maximum Gasteiger partial charge on any atom is 0.260 e. The largest absolute Gasteiger partial charge is 0.483 e. The number of para-hydroxylation sites is 1. The van der Waals surface area contributed by atoms with Crippen molar-refractivity contribution < 1.29 is 14.3 Å². The molecular formula is C16H22N2O3. The normalized spacial score (nSPS) is 18.3. The molecule has 1 aromatic carbocycles. The minimum Gasteiger partial charge on any atom is -0.483 e. The molecule has 114 valence electrons. The van der Waals surface area contributed by atoms with Crippen molar-refractivity contribution in [3.63, 3.8) is 0 Å². The molecule has 1 heterocycles. The summed E-state index contributed by atoms with van der Waals surface area (Å²) in [5, 5.41) is 0. The number of ether oxygens (including phenoxy) is 1. The van der Waals surface area contributed by atoms with E-state index in [4.69, 9.17) is 10.5 Å². The quantitative estimate of drug-likeness (QED) is 0.889. The van der Waals surface area contributed by atoms with Gasteiger partial charge in [0.15, 0.2) is 6.61 Å². The maximum atomic E-state index is 12.2. The number of carbonyl (C=O) groups is 2. The van der Waals surface area contributed by atoms with Crippen molar-refractivity contribution in [1.29, 1.82) is 0 Å². The predicted molar refractivity (Wildman–Crippen MR) is 79.8 cm³/mol. The summed E-state index contributed by atoms with van der Waals surface area (Å²) in [6.45, 7) is 3.13. The molecule has 2 amide bonds. The zero-order valence-electron chi connectivity index (χ0n) is 12.4. The Bertz CT molecular complexity index is 516. The van der Waals surface area contributed by atoms with Gasteiger partial charge in [-0.2, -0.15) is 0 Å². The number of benzene rings is 1. The van der Waals surface area contributed by atoms with Gasteiger partial charge in [0.05, 0.1) is 5.92 Å². The molecule has 0 bridgehead atoms. The van der Waals surface area contributed by atoms with Gasteiger partial charge in [-0.1, -0.05) is 25.1 Å². The molecule has 2 rings (SSSR count). The highest BCUT2D eigenvalue weighted by Crippen LogP contribution is 2.19. The molecule has 1 saturated heterocycles. The summed E-state index contributed by atoms with van der Waals surface area (Å²) in [4.78, 5) is 25.1. The number of primary amides is 1. The number of piperidine rings is 1. The van der Waals surface area contributed by atoms with Crippen LogP contribution in [0.1, 0.15) is 25.3 Å². The first kappa shape index (κ1) is 15.4. The smallest absolute Gasteiger partial charge is 0.260 e. The Morgan fingerprint density at radius 1 is 1.38 bits per heavy atom. The summed E-state index contributed by atoms with van der Waals surface area (Å²) in [6.07, 6.45) is 2.43. The first-order valence-electron chi connectivity index (χ1n) is 7.39. The van der Waals surface area contributed by atoms with Crippen LogP contribution in [0.15, 0.2) is 24.3 Å². The predicted octanol–water partition coefficient (Wildman–Crippen LogP) is 1.35. The average Bonchev–Trinajstić information content (AvgIpc) is 2.52. The fourth-order valence-corrected chi connectivity index (χ4v) is 2.60. The van der Waals surface area contributed by atoms with E-state index in [9.17, 15) is 9.59 Å². The molecule has 0 radical (unpaired) electrons. The van der Waals surface area contributed by atoms with E-state index < -0.39 is 0 Å². The molecule has 2 N–H and O–H groups in total. The number of amides is 2. The Labute approximate surface area is 125 Å². The van der Waals surface area contributed by atoms with Crippen LogP contribution in [0.4, 0.5) is 0 Å². The topological polar surface area (TPSA) is 72.6 Å². The van der Waals surface area contributed by atoms with Crippen molar-refractivity contribution in [2.24, 2.45) is 11.7 Å². The number of hydrogen-bond donors (Lipinski definition) is 1. The van der Waals surface area contributed by atoms with Gasteiger partial charge in [0.2, 0.25) is 5.91 Å². The van der Waals surface area contributed by atoms with Crippen LogP contribution in [-0.2, 0) is 16.0 Å². The summed E-state index contributed by atoms with van der Waals surface area (Å²) in [5.74, 6) is 0.0963. The fraction of sp³-hybridized carbons (Fsp3) is 0.500. The van der Waals surface area contributed by atoms with E-state index in [0.717, 1.165) is 30.6 Å². The number of hydrogen-bond acceptors (Lipinski definition) is 3. The molecule has 1 aliphatic heterocycles. The van der Waals surface area contributed by atoms with Gasteiger partial charge in [0, 0.05) is 13.1 Å². The maximum absolute atomic E-state index is 12.2. The Balaban J connectivity index is 1.91. The summed E-state index contributed by atoms with van der Waals surface area (Å²) < 4.78 is 5.63. The molecule has 0 aromatic heterocycles. The third-order valence-corrected chi connectivity index (χ3v) is 3.88. The highest BCUT2D eigenvalue weighted by molar-refractivity contribution is 5.81. The Kier molecular flexibility index (Phi) is 5.20. The van der Waals surface area contributed by atoms with Crippen molar-refractivity contribution in [1.82, 2.24) is 4.90 Å². The van der Waals surface area contributed by atoms with Gasteiger partial charge in [0.1, 0.15) is 5.75 Å². The lowest BCUT2D eigenvalue weighted by atomic mass is 9.97. The van der Waals surface area contributed by atoms with Crippen LogP contribution >= 0.6 is 0 Å². The van der Waals surface area contributed by atoms with E-state index in [1.807, 2.05) is 31.2 Å². The monoisotopic (exact) mass is 290 g/mol. The summed E-state index contributed by atoms with van der Waals surface area (Å²) in [5.41, 5.74) is 6.41. The van der Waals surface area contributed by atoms with Crippen LogP contribution in [0.2, 0.25) is 0 Å². The molecule has 21 heavy (non-hydrogen) atoms. The third kappa shape index (κ3) is 3.97. The van der Waals surface area contributed by atoms with Crippen molar-refractivity contribution in [3.05, 3.63) is 29.8 Å². The highest BCUT2D eigenvalue weighted by Gasteiger charge is 2.27. The van der Waals surface area contributed by atoms with Crippen LogP contribution in [0.3, 0.4) is 0 Å². The van der Waals surface area contributed by atoms with E-state index >= 15 is 0 Å². The molecule has 1 aliphatic rings. The number of nitrogens with two attached hydrogens (primary N) is 1. The van der Waals surface area contributed by atoms with E-state index in [1.165, 1.54) is 0 Å². The first-order valence-corrected chi connectivity index (χ1v) is 7.39. The molecule has 1 fully saturated rings. The molecule has 1 unspecified atom stereocenters. The third-order valence-electron chi connectivity index (χ3n) is 3.88. The van der Waals surface area contributed by atoms with Gasteiger partial charge in [-0.05, 0) is 30.9 Å². The lowest BCUT2D eigenvalue weighted by Crippen LogP contribution is -2.45. The molecule has 5 heteroatoms. The van der Waals surface area contributed by atoms with Crippen LogP contribution in [0, 0.1) is 5.92 Å². The molecule has 1 aromatic rings. The molecule has 0 aliphatic carbocycles. The number of nitrogens with zero attached hydrogens (tertiary/aromatic N) is 1. The van der Waals surface area contributed by atoms with Crippen molar-refractivity contribution in [2.45, 2.75) is 26.2 Å². The summed E-state index contributed by atoms with van der Waals surface area (Å²) in [6, 6.07) is 7.71. The lowest BCUT2D eigenvalue weighted by molar-refractivity contribution is -0.136. The minimum absolute atomic E-state index is 0.00248. The Morgan fingerprint density at radius 3 is 2.86 bits per heavy atom. The van der Waals surface area contributed by atoms with Crippen LogP contribution < -0.4 is 10.5 Å². The standard InChI is InChI=1S/C16H22N2O3/c1-2-12-6-3-4-8-14(12)21-11-15(19)18-9-5-7-13(10-18)16(17)20/h3-4,6,8,13H,2,5,7,9-11H2,1H3,(H2,17,20). The van der Waals surface area contributed by atoms with Crippen LogP contribution in [0.5, 0.6) is 5.75 Å².